The second-order valence-corrected chi connectivity index (χ2v) is 33.6. The Morgan fingerprint density at radius 3 is 0.563 bits per heavy atom. The molecule has 2 aliphatic rings. The summed E-state index contributed by atoms with van der Waals surface area (Å²) in [5.74, 6) is 0.650. The van der Waals surface area contributed by atoms with Crippen LogP contribution < -0.4 is 20.4 Å². The van der Waals surface area contributed by atoms with Gasteiger partial charge in [-0.2, -0.15) is 0 Å². The fourth-order valence-electron chi connectivity index (χ4n) is 10.4. The van der Waals surface area contributed by atoms with Crippen LogP contribution in [0.4, 0.5) is 0 Å². The van der Waals surface area contributed by atoms with Crippen molar-refractivity contribution in [3.63, 3.8) is 0 Å². The zero-order valence-electron chi connectivity index (χ0n) is 60.7. The number of ether oxygens (including phenoxy) is 2. The van der Waals surface area contributed by atoms with E-state index in [1.807, 2.05) is 0 Å². The molecule has 2 aliphatic heterocycles. The van der Waals surface area contributed by atoms with Gasteiger partial charge in [-0.25, -0.2) is 0 Å². The summed E-state index contributed by atoms with van der Waals surface area (Å²) in [6, 6.07) is 16.9. The zero-order valence-corrected chi connectivity index (χ0v) is 64.8. The molecule has 0 aromatic heterocycles. The molecular weight excluding hydrogens is 1300 g/mol. The topological polar surface area (TPSA) is 124 Å². The summed E-state index contributed by atoms with van der Waals surface area (Å²) >= 11 is 0. The van der Waals surface area contributed by atoms with Crippen LogP contribution >= 0.6 is 0 Å². The van der Waals surface area contributed by atoms with Crippen molar-refractivity contribution in [1.29, 1.82) is 0 Å². The molecule has 0 spiro atoms. The molecule has 4 aromatic carbocycles. The number of likely N-dealkylation sites (N-methyl/N-ethyl adjacent to an activating group) is 4. The fraction of sp³-hybridized carbons (Fsp3) is 0.684. The van der Waals surface area contributed by atoms with Gasteiger partial charge in [0.25, 0.3) is 0 Å². The summed E-state index contributed by atoms with van der Waals surface area (Å²) in [6.07, 6.45) is 5.11. The Labute approximate surface area is 557 Å². The van der Waals surface area contributed by atoms with Crippen LogP contribution in [0, 0.1) is 31.1 Å². The molecular formula is C76H124N4O6U. The van der Waals surface area contributed by atoms with Gasteiger partial charge in [0.1, 0.15) is 0 Å². The van der Waals surface area contributed by atoms with Crippen LogP contribution in [0.15, 0.2) is 48.5 Å². The van der Waals surface area contributed by atoms with E-state index < -0.39 is 0 Å². The van der Waals surface area contributed by atoms with Crippen LogP contribution in [0.2, 0.25) is 0 Å². The minimum absolute atomic E-state index is 0. The Morgan fingerprint density at radius 2 is 0.448 bits per heavy atom. The predicted molar refractivity (Wildman–Crippen MR) is 359 cm³/mol. The molecule has 0 unspecified atom stereocenters. The van der Waals surface area contributed by atoms with Gasteiger partial charge < -0.3 is 49.5 Å². The summed E-state index contributed by atoms with van der Waals surface area (Å²) in [4.78, 5) is 8.87. The first kappa shape index (κ1) is 80.0. The third-order valence-corrected chi connectivity index (χ3v) is 16.5. The Morgan fingerprint density at radius 1 is 0.287 bits per heavy atom. The van der Waals surface area contributed by atoms with Gasteiger partial charge in [-0.1, -0.05) is 215 Å². The minimum atomic E-state index is -0.199. The average molecular weight is 1430 g/mol. The van der Waals surface area contributed by atoms with E-state index in [1.165, 1.54) is 47.9 Å². The summed E-state index contributed by atoms with van der Waals surface area (Å²) in [5, 5.41) is 53.6. The molecule has 0 aliphatic carbocycles. The summed E-state index contributed by atoms with van der Waals surface area (Å²) in [6.45, 7) is 61.4. The number of nitrogens with zero attached hydrogens (tertiary/aromatic N) is 4. The zero-order chi connectivity index (χ0) is 65.9. The van der Waals surface area contributed by atoms with Crippen LogP contribution in [0.3, 0.4) is 0 Å². The van der Waals surface area contributed by atoms with E-state index in [2.05, 4.69) is 262 Å². The van der Waals surface area contributed by atoms with E-state index in [1.54, 1.807) is 0 Å². The van der Waals surface area contributed by atoms with Crippen LogP contribution in [-0.2, 0) is 79.0 Å². The van der Waals surface area contributed by atoms with Gasteiger partial charge in [-0.15, -0.1) is 23.0 Å². The average Bonchev–Trinajstić information content (AvgIpc) is 1.09. The Kier molecular flexibility index (Phi) is 29.8. The monoisotopic (exact) mass is 1430 g/mol. The van der Waals surface area contributed by atoms with Crippen LogP contribution in [0.1, 0.15) is 259 Å². The number of benzene rings is 4. The van der Waals surface area contributed by atoms with Gasteiger partial charge in [0.15, 0.2) is 0 Å². The van der Waals surface area contributed by atoms with Crippen molar-refractivity contribution in [2.75, 3.05) is 80.8 Å². The normalized spacial score (nSPS) is 14.6. The second-order valence-electron chi connectivity index (χ2n) is 33.6. The van der Waals surface area contributed by atoms with Crippen molar-refractivity contribution in [2.24, 2.45) is 0 Å². The Bertz CT molecular complexity index is 2370. The van der Waals surface area contributed by atoms with Crippen molar-refractivity contribution >= 4 is 0 Å². The molecule has 6 rings (SSSR count). The molecule has 0 bridgehead atoms. The van der Waals surface area contributed by atoms with Crippen molar-refractivity contribution in [3.8, 4) is 23.0 Å². The molecule has 0 radical (unpaired) electrons. The first-order chi connectivity index (χ1) is 39.0. The van der Waals surface area contributed by atoms with Crippen LogP contribution in [0.25, 0.3) is 0 Å². The quantitative estimate of drug-likeness (QED) is 0.121. The maximum absolute atomic E-state index is 13.4. The van der Waals surface area contributed by atoms with Gasteiger partial charge in [0, 0.05) is 78.8 Å². The molecule has 0 amide bonds. The Hall–Kier alpha value is -3.11. The van der Waals surface area contributed by atoms with Crippen molar-refractivity contribution in [3.05, 3.63) is 115 Å². The van der Waals surface area contributed by atoms with Gasteiger partial charge in [-0.05, 0) is 164 Å². The van der Waals surface area contributed by atoms with Crippen LogP contribution in [0.5, 0.6) is 23.0 Å². The van der Waals surface area contributed by atoms with Gasteiger partial charge in [0.05, 0.1) is 0 Å². The number of hydrogen-bond donors (Lipinski definition) is 0. The molecule has 4 aromatic rings. The SMILES string of the molecule is C1CCOC1.C1CCOC1.CN(CCN(C)Cc1cc(C(C)(C)C)cc(C(C)(C)C)c1[O-])Cc1cc(C(C)(C)C)cc(C(C)(C)C)c1[O-].CN(CCN(C)Cc1cc(C(C)(C)C)cc(C(C)(C)C)c1[O-])Cc1cc(C(C)(C)C)cc(C(C)(C)C)c1[O-].[U+4]. The van der Waals surface area contributed by atoms with Crippen molar-refractivity contribution in [2.45, 2.75) is 261 Å². The van der Waals surface area contributed by atoms with E-state index in [4.69, 9.17) is 9.47 Å². The first-order valence-electron chi connectivity index (χ1n) is 32.3. The van der Waals surface area contributed by atoms with E-state index in [0.717, 1.165) is 97.1 Å². The molecule has 10 nitrogen and oxygen atoms in total. The second kappa shape index (κ2) is 32.4. The van der Waals surface area contributed by atoms with E-state index in [9.17, 15) is 20.4 Å². The molecule has 11 heteroatoms. The molecule has 0 saturated carbocycles. The number of rotatable bonds is 14. The van der Waals surface area contributed by atoms with E-state index in [0.29, 0.717) is 26.2 Å². The minimum Gasteiger partial charge on any atom is -0.872 e. The van der Waals surface area contributed by atoms with Crippen molar-refractivity contribution in [1.82, 2.24) is 19.6 Å². The van der Waals surface area contributed by atoms with E-state index >= 15 is 0 Å². The number of hydrogen-bond acceptors (Lipinski definition) is 10. The molecule has 2 fully saturated rings. The fourth-order valence-corrected chi connectivity index (χ4v) is 10.4. The summed E-state index contributed by atoms with van der Waals surface area (Å²) in [5.41, 5.74) is 11.0. The molecule has 0 atom stereocenters. The predicted octanol–water partition coefficient (Wildman–Crippen LogP) is 14.8. The molecule has 0 N–H and O–H groups in total. The Balaban J connectivity index is 0.000000503. The van der Waals surface area contributed by atoms with Crippen LogP contribution in [-0.4, -0.2) is 100 Å². The first-order valence-corrected chi connectivity index (χ1v) is 32.3. The smallest absolute Gasteiger partial charge is 0.872 e. The molecule has 87 heavy (non-hydrogen) atoms. The van der Waals surface area contributed by atoms with Gasteiger partial charge >= 0.3 is 31.1 Å². The van der Waals surface area contributed by atoms with Gasteiger partial charge in [-0.3, -0.25) is 0 Å². The maximum Gasteiger partial charge on any atom is 4.00 e. The summed E-state index contributed by atoms with van der Waals surface area (Å²) in [7, 11) is 8.30. The molecule has 2 heterocycles. The van der Waals surface area contributed by atoms with Crippen molar-refractivity contribution < 1.29 is 61.0 Å². The molecule has 488 valence electrons. The van der Waals surface area contributed by atoms with Gasteiger partial charge in [0.2, 0.25) is 0 Å². The maximum atomic E-state index is 13.4. The molecule has 2 saturated heterocycles. The third kappa shape index (κ3) is 25.8. The largest absolute Gasteiger partial charge is 4.00 e. The summed E-state index contributed by atoms with van der Waals surface area (Å²) < 4.78 is 9.89. The van der Waals surface area contributed by atoms with E-state index in [-0.39, 0.29) is 97.4 Å². The third-order valence-electron chi connectivity index (χ3n) is 16.5. The standard InChI is InChI=1S/2C34H56N2O2.2C4H8O.U/c2*1-31(2,3)25-17-23(29(37)27(19-25)33(7,8)9)21-35(13)15-16-36(14)22-24-18-26(32(4,5)6)20-28(30(24)38)34(10,11)12;2*1-2-4-5-3-1;/h2*17-20,37-38H,15-16,21-22H2,1-14H3;2*1-4H2;/q;;;;+4/p-4.